The molecule has 0 aliphatic heterocycles. The van der Waals surface area contributed by atoms with Crippen molar-refractivity contribution in [2.24, 2.45) is 7.05 Å². The fraction of sp³-hybridized carbons (Fsp3) is 0.0909. The molecule has 0 N–H and O–H groups in total. The van der Waals surface area contributed by atoms with Gasteiger partial charge in [0.05, 0.1) is 0 Å². The van der Waals surface area contributed by atoms with Crippen molar-refractivity contribution in [3.05, 3.63) is 44.8 Å². The standard InChI is InChI=1S/C11H8BrNO2/c1-13-5-10(12)9-4-7(6-14)2-3-8(9)11(13)15/h2-6H,1H3. The molecule has 1 heterocycles. The Balaban J connectivity index is 2.96. The SMILES string of the molecule is Cn1cc(Br)c2cc(C=O)ccc2c1=O. The molecule has 0 aliphatic carbocycles. The van der Waals surface area contributed by atoms with Gasteiger partial charge in [0.1, 0.15) is 6.29 Å². The third-order valence-electron chi connectivity index (χ3n) is 2.29. The number of halogens is 1. The molecule has 0 saturated carbocycles. The number of aryl methyl sites for hydroxylation is 1. The summed E-state index contributed by atoms with van der Waals surface area (Å²) in [6, 6.07) is 5.02. The van der Waals surface area contributed by atoms with Gasteiger partial charge in [-0.2, -0.15) is 0 Å². The summed E-state index contributed by atoms with van der Waals surface area (Å²) in [5.74, 6) is 0. The molecule has 1 aromatic carbocycles. The van der Waals surface area contributed by atoms with Crippen LogP contribution in [0.4, 0.5) is 0 Å². The van der Waals surface area contributed by atoms with Crippen molar-refractivity contribution >= 4 is 33.0 Å². The van der Waals surface area contributed by atoms with Gasteiger partial charge in [-0.05, 0) is 28.1 Å². The van der Waals surface area contributed by atoms with Crippen LogP contribution >= 0.6 is 15.9 Å². The smallest absolute Gasteiger partial charge is 0.258 e. The van der Waals surface area contributed by atoms with E-state index in [9.17, 15) is 9.59 Å². The van der Waals surface area contributed by atoms with Crippen LogP contribution in [-0.2, 0) is 7.05 Å². The summed E-state index contributed by atoms with van der Waals surface area (Å²) in [7, 11) is 1.69. The molecule has 0 spiro atoms. The molecule has 0 unspecified atom stereocenters. The lowest BCUT2D eigenvalue weighted by Crippen LogP contribution is -2.16. The second-order valence-corrected chi connectivity index (χ2v) is 4.17. The first-order chi connectivity index (χ1) is 7.13. The summed E-state index contributed by atoms with van der Waals surface area (Å²) in [5.41, 5.74) is 0.502. The maximum atomic E-state index is 11.7. The Hall–Kier alpha value is -1.42. The highest BCUT2D eigenvalue weighted by Crippen LogP contribution is 2.21. The lowest BCUT2D eigenvalue weighted by molar-refractivity contribution is 0.112. The number of nitrogens with zero attached hydrogens (tertiary/aromatic N) is 1. The van der Waals surface area contributed by atoms with E-state index in [4.69, 9.17) is 0 Å². The summed E-state index contributed by atoms with van der Waals surface area (Å²) in [6.45, 7) is 0. The number of fused-ring (bicyclic) bond motifs is 1. The number of hydrogen-bond acceptors (Lipinski definition) is 2. The van der Waals surface area contributed by atoms with Crippen molar-refractivity contribution in [2.75, 3.05) is 0 Å². The number of aromatic nitrogens is 1. The van der Waals surface area contributed by atoms with Crippen LogP contribution in [0.2, 0.25) is 0 Å². The van der Waals surface area contributed by atoms with Gasteiger partial charge in [0, 0.05) is 34.1 Å². The molecule has 0 fully saturated rings. The van der Waals surface area contributed by atoms with Crippen LogP contribution in [0, 0.1) is 0 Å². The molecular weight excluding hydrogens is 258 g/mol. The maximum absolute atomic E-state index is 11.7. The van der Waals surface area contributed by atoms with E-state index in [1.54, 1.807) is 31.4 Å². The maximum Gasteiger partial charge on any atom is 0.258 e. The molecule has 1 aromatic heterocycles. The van der Waals surface area contributed by atoms with E-state index in [1.807, 2.05) is 0 Å². The molecule has 0 saturated heterocycles. The lowest BCUT2D eigenvalue weighted by atomic mass is 10.1. The normalized spacial score (nSPS) is 10.5. The van der Waals surface area contributed by atoms with Crippen LogP contribution in [0.1, 0.15) is 10.4 Å². The van der Waals surface area contributed by atoms with Gasteiger partial charge in [-0.3, -0.25) is 9.59 Å². The summed E-state index contributed by atoms with van der Waals surface area (Å²) >= 11 is 3.37. The Labute approximate surface area is 94.5 Å². The monoisotopic (exact) mass is 265 g/mol. The van der Waals surface area contributed by atoms with Crippen LogP contribution < -0.4 is 5.56 Å². The Morgan fingerprint density at radius 2 is 2.07 bits per heavy atom. The number of carbonyl (C=O) groups is 1. The molecule has 15 heavy (non-hydrogen) atoms. The molecule has 0 bridgehead atoms. The first-order valence-corrected chi connectivity index (χ1v) is 5.17. The number of aldehydes is 1. The molecule has 0 aliphatic rings. The van der Waals surface area contributed by atoms with Crippen LogP contribution in [0.3, 0.4) is 0 Å². The minimum Gasteiger partial charge on any atom is -0.317 e. The fourth-order valence-corrected chi connectivity index (χ4v) is 2.14. The second kappa shape index (κ2) is 3.62. The highest BCUT2D eigenvalue weighted by molar-refractivity contribution is 9.10. The van der Waals surface area contributed by atoms with Gasteiger partial charge < -0.3 is 4.57 Å². The summed E-state index contributed by atoms with van der Waals surface area (Å²) < 4.78 is 2.32. The highest BCUT2D eigenvalue weighted by atomic mass is 79.9. The topological polar surface area (TPSA) is 39.1 Å². The molecule has 3 nitrogen and oxygen atoms in total. The first kappa shape index (κ1) is 10.1. The van der Waals surface area contributed by atoms with E-state index >= 15 is 0 Å². The Kier molecular flexibility index (Phi) is 2.44. The Bertz CT molecular complexity index is 601. The highest BCUT2D eigenvalue weighted by Gasteiger charge is 2.05. The average molecular weight is 266 g/mol. The van der Waals surface area contributed by atoms with Crippen molar-refractivity contribution in [2.45, 2.75) is 0 Å². The summed E-state index contributed by atoms with van der Waals surface area (Å²) in [4.78, 5) is 22.3. The van der Waals surface area contributed by atoms with Gasteiger partial charge in [0.25, 0.3) is 5.56 Å². The number of benzene rings is 1. The molecular formula is C11H8BrNO2. The molecule has 4 heteroatoms. The number of pyridine rings is 1. The number of hydrogen-bond donors (Lipinski definition) is 0. The van der Waals surface area contributed by atoms with E-state index in [-0.39, 0.29) is 5.56 Å². The van der Waals surface area contributed by atoms with Crippen molar-refractivity contribution in [3.8, 4) is 0 Å². The minimum atomic E-state index is -0.0642. The summed E-state index contributed by atoms with van der Waals surface area (Å²) in [5, 5.41) is 1.38. The van der Waals surface area contributed by atoms with Gasteiger partial charge in [0.15, 0.2) is 0 Å². The zero-order valence-electron chi connectivity index (χ0n) is 8.03. The predicted molar refractivity (Wildman–Crippen MR) is 62.3 cm³/mol. The third kappa shape index (κ3) is 1.61. The largest absolute Gasteiger partial charge is 0.317 e. The van der Waals surface area contributed by atoms with Gasteiger partial charge in [-0.15, -0.1) is 0 Å². The zero-order chi connectivity index (χ0) is 11.0. The van der Waals surface area contributed by atoms with Gasteiger partial charge in [-0.1, -0.05) is 6.07 Å². The van der Waals surface area contributed by atoms with E-state index in [0.29, 0.717) is 10.9 Å². The fourth-order valence-electron chi connectivity index (χ4n) is 1.51. The molecule has 2 rings (SSSR count). The minimum absolute atomic E-state index is 0.0642. The molecule has 0 amide bonds. The van der Waals surface area contributed by atoms with Crippen LogP contribution in [0.5, 0.6) is 0 Å². The van der Waals surface area contributed by atoms with Crippen LogP contribution in [0.25, 0.3) is 10.8 Å². The van der Waals surface area contributed by atoms with Crippen LogP contribution in [0.15, 0.2) is 33.7 Å². The third-order valence-corrected chi connectivity index (χ3v) is 2.93. The molecule has 0 atom stereocenters. The quantitative estimate of drug-likeness (QED) is 0.741. The van der Waals surface area contributed by atoms with Crippen LogP contribution in [-0.4, -0.2) is 10.9 Å². The van der Waals surface area contributed by atoms with Crippen molar-refractivity contribution in [3.63, 3.8) is 0 Å². The zero-order valence-corrected chi connectivity index (χ0v) is 9.61. The second-order valence-electron chi connectivity index (χ2n) is 3.32. The van der Waals surface area contributed by atoms with Gasteiger partial charge in [-0.25, -0.2) is 0 Å². The Morgan fingerprint density at radius 1 is 1.33 bits per heavy atom. The van der Waals surface area contributed by atoms with Gasteiger partial charge in [0.2, 0.25) is 0 Å². The van der Waals surface area contributed by atoms with Gasteiger partial charge >= 0.3 is 0 Å². The van der Waals surface area contributed by atoms with Crippen molar-refractivity contribution in [1.29, 1.82) is 0 Å². The molecule has 76 valence electrons. The van der Waals surface area contributed by atoms with E-state index < -0.39 is 0 Å². The molecule has 0 radical (unpaired) electrons. The Morgan fingerprint density at radius 3 is 2.73 bits per heavy atom. The predicted octanol–water partition coefficient (Wildman–Crippen LogP) is 2.11. The van der Waals surface area contributed by atoms with Crippen molar-refractivity contribution in [1.82, 2.24) is 4.57 Å². The first-order valence-electron chi connectivity index (χ1n) is 4.37. The summed E-state index contributed by atoms with van der Waals surface area (Å²) in [6.07, 6.45) is 2.46. The van der Waals surface area contributed by atoms with E-state index in [0.717, 1.165) is 16.1 Å². The van der Waals surface area contributed by atoms with Crippen molar-refractivity contribution < 1.29 is 4.79 Å². The van der Waals surface area contributed by atoms with E-state index in [1.165, 1.54) is 4.57 Å². The average Bonchev–Trinajstić information content (AvgIpc) is 2.25. The van der Waals surface area contributed by atoms with E-state index in [2.05, 4.69) is 15.9 Å². The number of carbonyl (C=O) groups excluding carboxylic acids is 1. The lowest BCUT2D eigenvalue weighted by Gasteiger charge is -2.04. The molecule has 2 aromatic rings. The number of rotatable bonds is 1.